The normalized spacial score (nSPS) is 15.4. The standard InChI is InChI=1S/C24H24N4O2S/c1-14-5-6-17(23(30)26-19-9-10-19)12-20(14)27-24-28-21(13-31-24)15-3-2-4-16(11-15)22(29)25-18-7-8-18/h2-6,11-13,18-19H,7-10H2,1H3,(H,25,29)(H,26,30)(H,27,28). The molecule has 2 fully saturated rings. The van der Waals surface area contributed by atoms with Crippen LogP contribution < -0.4 is 16.0 Å². The quantitative estimate of drug-likeness (QED) is 0.508. The Morgan fingerprint density at radius 2 is 1.61 bits per heavy atom. The predicted molar refractivity (Wildman–Crippen MR) is 123 cm³/mol. The van der Waals surface area contributed by atoms with Crippen LogP contribution in [0.2, 0.25) is 0 Å². The number of hydrogen-bond acceptors (Lipinski definition) is 5. The van der Waals surface area contributed by atoms with Crippen LogP contribution in [0.4, 0.5) is 10.8 Å². The van der Waals surface area contributed by atoms with E-state index in [9.17, 15) is 9.59 Å². The number of aromatic nitrogens is 1. The van der Waals surface area contributed by atoms with Gasteiger partial charge < -0.3 is 16.0 Å². The van der Waals surface area contributed by atoms with E-state index in [-0.39, 0.29) is 11.8 Å². The highest BCUT2D eigenvalue weighted by molar-refractivity contribution is 7.14. The fourth-order valence-electron chi connectivity index (χ4n) is 3.29. The zero-order valence-electron chi connectivity index (χ0n) is 17.3. The third kappa shape index (κ3) is 4.77. The van der Waals surface area contributed by atoms with Gasteiger partial charge in [0, 0.05) is 39.8 Å². The summed E-state index contributed by atoms with van der Waals surface area (Å²) in [6.07, 6.45) is 4.26. The topological polar surface area (TPSA) is 83.1 Å². The van der Waals surface area contributed by atoms with Crippen molar-refractivity contribution >= 4 is 34.0 Å². The molecule has 2 saturated carbocycles. The molecular formula is C24H24N4O2S. The van der Waals surface area contributed by atoms with Crippen LogP contribution in [0.1, 0.15) is 52.0 Å². The number of benzene rings is 2. The van der Waals surface area contributed by atoms with Crippen molar-refractivity contribution in [1.82, 2.24) is 15.6 Å². The molecule has 2 amide bonds. The van der Waals surface area contributed by atoms with Gasteiger partial charge in [-0.3, -0.25) is 9.59 Å². The Hall–Kier alpha value is -3.19. The number of carbonyl (C=O) groups excluding carboxylic acids is 2. The molecule has 3 aromatic rings. The second-order valence-electron chi connectivity index (χ2n) is 8.27. The van der Waals surface area contributed by atoms with Crippen LogP contribution in [0.5, 0.6) is 0 Å². The van der Waals surface area contributed by atoms with Crippen LogP contribution in [0, 0.1) is 6.92 Å². The maximum Gasteiger partial charge on any atom is 0.251 e. The van der Waals surface area contributed by atoms with Gasteiger partial charge in [0.2, 0.25) is 0 Å². The van der Waals surface area contributed by atoms with Crippen molar-refractivity contribution < 1.29 is 9.59 Å². The second kappa shape index (κ2) is 8.15. The monoisotopic (exact) mass is 432 g/mol. The first-order valence-corrected chi connectivity index (χ1v) is 11.5. The van der Waals surface area contributed by atoms with Crippen LogP contribution in [0.3, 0.4) is 0 Å². The minimum atomic E-state index is -0.0355. The van der Waals surface area contributed by atoms with E-state index >= 15 is 0 Å². The minimum absolute atomic E-state index is 0.0326. The number of anilines is 2. The molecule has 0 spiro atoms. The van der Waals surface area contributed by atoms with Gasteiger partial charge in [0.25, 0.3) is 11.8 Å². The van der Waals surface area contributed by atoms with Crippen molar-refractivity contribution in [3.8, 4) is 11.3 Å². The molecule has 0 atom stereocenters. The predicted octanol–water partition coefficient (Wildman–Crippen LogP) is 4.65. The van der Waals surface area contributed by atoms with E-state index in [0.29, 0.717) is 23.2 Å². The number of aryl methyl sites for hydroxylation is 1. The van der Waals surface area contributed by atoms with Gasteiger partial charge in [-0.25, -0.2) is 4.98 Å². The summed E-state index contributed by atoms with van der Waals surface area (Å²) in [4.78, 5) is 29.4. The van der Waals surface area contributed by atoms with Crippen molar-refractivity contribution in [3.05, 3.63) is 64.5 Å². The SMILES string of the molecule is Cc1ccc(C(=O)NC2CC2)cc1Nc1nc(-c2cccc(C(=O)NC3CC3)c2)cs1. The average Bonchev–Trinajstić information content (AvgIpc) is 3.70. The number of hydrogen-bond donors (Lipinski definition) is 3. The molecule has 2 aliphatic carbocycles. The first-order chi connectivity index (χ1) is 15.0. The zero-order valence-corrected chi connectivity index (χ0v) is 18.1. The molecule has 0 radical (unpaired) electrons. The number of nitrogens with one attached hydrogen (secondary N) is 3. The minimum Gasteiger partial charge on any atom is -0.349 e. The summed E-state index contributed by atoms with van der Waals surface area (Å²) >= 11 is 1.49. The summed E-state index contributed by atoms with van der Waals surface area (Å²) in [5.41, 5.74) is 4.92. The van der Waals surface area contributed by atoms with Gasteiger partial charge in [-0.15, -0.1) is 11.3 Å². The van der Waals surface area contributed by atoms with Crippen LogP contribution >= 0.6 is 11.3 Å². The molecule has 3 N–H and O–H groups in total. The van der Waals surface area contributed by atoms with Crippen LogP contribution in [-0.4, -0.2) is 28.9 Å². The first kappa shape index (κ1) is 19.8. The number of amides is 2. The average molecular weight is 433 g/mol. The molecule has 1 heterocycles. The van der Waals surface area contributed by atoms with E-state index in [1.54, 1.807) is 0 Å². The highest BCUT2D eigenvalue weighted by atomic mass is 32.1. The lowest BCUT2D eigenvalue weighted by molar-refractivity contribution is 0.0942. The van der Waals surface area contributed by atoms with E-state index in [0.717, 1.165) is 53.3 Å². The smallest absolute Gasteiger partial charge is 0.251 e. The molecule has 1 aromatic heterocycles. The molecular weight excluding hydrogens is 408 g/mol. The fourth-order valence-corrected chi connectivity index (χ4v) is 4.02. The summed E-state index contributed by atoms with van der Waals surface area (Å²) in [6.45, 7) is 2.00. The van der Waals surface area contributed by atoms with Crippen molar-refractivity contribution in [3.63, 3.8) is 0 Å². The van der Waals surface area contributed by atoms with Gasteiger partial charge in [0.1, 0.15) is 0 Å². The van der Waals surface area contributed by atoms with E-state index in [1.807, 2.05) is 54.8 Å². The molecule has 0 bridgehead atoms. The van der Waals surface area contributed by atoms with E-state index in [4.69, 9.17) is 4.98 Å². The van der Waals surface area contributed by atoms with E-state index in [2.05, 4.69) is 16.0 Å². The fraction of sp³-hybridized carbons (Fsp3) is 0.292. The molecule has 2 aliphatic rings. The lowest BCUT2D eigenvalue weighted by Crippen LogP contribution is -2.25. The molecule has 7 heteroatoms. The molecule has 0 saturated heterocycles. The van der Waals surface area contributed by atoms with E-state index in [1.165, 1.54) is 11.3 Å². The van der Waals surface area contributed by atoms with Crippen molar-refractivity contribution in [2.75, 3.05) is 5.32 Å². The van der Waals surface area contributed by atoms with Gasteiger partial charge in [-0.05, 0) is 62.4 Å². The molecule has 0 unspecified atom stereocenters. The van der Waals surface area contributed by atoms with E-state index < -0.39 is 0 Å². The van der Waals surface area contributed by atoms with Crippen LogP contribution in [0.15, 0.2) is 47.8 Å². The molecule has 2 aromatic carbocycles. The summed E-state index contributed by atoms with van der Waals surface area (Å²) in [7, 11) is 0. The highest BCUT2D eigenvalue weighted by Crippen LogP contribution is 2.30. The molecule has 31 heavy (non-hydrogen) atoms. The summed E-state index contributed by atoms with van der Waals surface area (Å²) in [5.74, 6) is -0.0680. The molecule has 158 valence electrons. The van der Waals surface area contributed by atoms with Gasteiger partial charge in [0.15, 0.2) is 5.13 Å². The van der Waals surface area contributed by atoms with Crippen molar-refractivity contribution in [2.24, 2.45) is 0 Å². The van der Waals surface area contributed by atoms with Crippen LogP contribution in [-0.2, 0) is 0 Å². The highest BCUT2D eigenvalue weighted by Gasteiger charge is 2.25. The molecule has 5 rings (SSSR count). The Morgan fingerprint density at radius 1 is 0.935 bits per heavy atom. The summed E-state index contributed by atoms with van der Waals surface area (Å²) < 4.78 is 0. The third-order valence-corrected chi connectivity index (χ3v) is 6.25. The largest absolute Gasteiger partial charge is 0.349 e. The second-order valence-corrected chi connectivity index (χ2v) is 9.13. The van der Waals surface area contributed by atoms with Crippen molar-refractivity contribution in [2.45, 2.75) is 44.7 Å². The third-order valence-electron chi connectivity index (χ3n) is 5.49. The Labute approximate surface area is 185 Å². The van der Waals surface area contributed by atoms with Gasteiger partial charge in [0.05, 0.1) is 5.69 Å². The maximum atomic E-state index is 12.4. The van der Waals surface area contributed by atoms with Gasteiger partial charge in [-0.1, -0.05) is 18.2 Å². The number of rotatable bonds is 7. The lowest BCUT2D eigenvalue weighted by Gasteiger charge is -2.10. The first-order valence-electron chi connectivity index (χ1n) is 10.6. The molecule has 0 aliphatic heterocycles. The lowest BCUT2D eigenvalue weighted by atomic mass is 10.1. The van der Waals surface area contributed by atoms with Gasteiger partial charge >= 0.3 is 0 Å². The van der Waals surface area contributed by atoms with Crippen LogP contribution in [0.25, 0.3) is 11.3 Å². The Morgan fingerprint density at radius 3 is 2.29 bits per heavy atom. The van der Waals surface area contributed by atoms with Crippen molar-refractivity contribution in [1.29, 1.82) is 0 Å². The number of carbonyl (C=O) groups is 2. The zero-order chi connectivity index (χ0) is 21.4. The maximum absolute atomic E-state index is 12.4. The Bertz CT molecular complexity index is 1150. The summed E-state index contributed by atoms with van der Waals surface area (Å²) in [6, 6.07) is 13.9. The number of nitrogens with zero attached hydrogens (tertiary/aromatic N) is 1. The Balaban J connectivity index is 1.32. The number of thiazole rings is 1. The van der Waals surface area contributed by atoms with Gasteiger partial charge in [-0.2, -0.15) is 0 Å². The Kier molecular flexibility index (Phi) is 5.19. The molecule has 6 nitrogen and oxygen atoms in total. The summed E-state index contributed by atoms with van der Waals surface area (Å²) in [5, 5.41) is 12.1.